The summed E-state index contributed by atoms with van der Waals surface area (Å²) in [6, 6.07) is 14.2. The van der Waals surface area contributed by atoms with Crippen LogP contribution in [0.1, 0.15) is 22.5 Å². The summed E-state index contributed by atoms with van der Waals surface area (Å²) in [5.41, 5.74) is 4.40. The smallest absolute Gasteiger partial charge is 0.152 e. The number of aryl methyl sites for hydroxylation is 1. The summed E-state index contributed by atoms with van der Waals surface area (Å²) in [5, 5.41) is 15.0. The Balaban J connectivity index is 1.34. The van der Waals surface area contributed by atoms with Crippen LogP contribution in [-0.4, -0.2) is 20.0 Å². The first-order valence-corrected chi connectivity index (χ1v) is 8.63. The molecule has 4 rings (SSSR count). The molecule has 0 aliphatic heterocycles. The van der Waals surface area contributed by atoms with Gasteiger partial charge in [-0.2, -0.15) is 10.2 Å². The molecule has 4 aromatic rings. The van der Waals surface area contributed by atoms with Gasteiger partial charge in [0.05, 0.1) is 18.9 Å². The lowest BCUT2D eigenvalue weighted by atomic mass is 10.2. The molecule has 3 aromatic heterocycles. The van der Waals surface area contributed by atoms with Gasteiger partial charge >= 0.3 is 0 Å². The van der Waals surface area contributed by atoms with Gasteiger partial charge in [-0.1, -0.05) is 30.3 Å². The molecule has 2 N–H and O–H groups in total. The van der Waals surface area contributed by atoms with Crippen molar-refractivity contribution in [1.29, 1.82) is 0 Å². The second-order valence-electron chi connectivity index (χ2n) is 6.32. The standard InChI is InChI=1S/C20H21N5O/c1-15-7-8-19(26-15)20-18(12-22-24-20)11-21-9-17-10-23-25(14-17)13-16-5-3-2-4-6-16/h2-8,10,12,14,21H,9,11,13H2,1H3,(H,22,24). The van der Waals surface area contributed by atoms with Crippen LogP contribution in [0.25, 0.3) is 11.5 Å². The largest absolute Gasteiger partial charge is 0.460 e. The van der Waals surface area contributed by atoms with E-state index in [1.807, 2.05) is 54.3 Å². The first-order chi connectivity index (χ1) is 12.8. The van der Waals surface area contributed by atoms with E-state index in [9.17, 15) is 0 Å². The molecule has 132 valence electrons. The summed E-state index contributed by atoms with van der Waals surface area (Å²) in [5.74, 6) is 1.70. The highest BCUT2D eigenvalue weighted by atomic mass is 16.3. The molecule has 0 fully saturated rings. The number of hydrogen-bond donors (Lipinski definition) is 2. The third-order valence-corrected chi connectivity index (χ3v) is 4.22. The van der Waals surface area contributed by atoms with E-state index in [4.69, 9.17) is 4.42 Å². The van der Waals surface area contributed by atoms with Gasteiger partial charge in [-0.25, -0.2) is 0 Å². The third kappa shape index (κ3) is 3.75. The van der Waals surface area contributed by atoms with Crippen molar-refractivity contribution in [1.82, 2.24) is 25.3 Å². The number of furan rings is 1. The average molecular weight is 347 g/mol. The van der Waals surface area contributed by atoms with Crippen LogP contribution in [-0.2, 0) is 19.6 Å². The Bertz CT molecular complexity index is 967. The zero-order valence-corrected chi connectivity index (χ0v) is 14.6. The average Bonchev–Trinajstić information content (AvgIpc) is 3.37. The molecule has 0 radical (unpaired) electrons. The lowest BCUT2D eigenvalue weighted by Crippen LogP contribution is -2.12. The Morgan fingerprint density at radius 2 is 1.92 bits per heavy atom. The lowest BCUT2D eigenvalue weighted by Gasteiger charge is -2.03. The summed E-state index contributed by atoms with van der Waals surface area (Å²) in [6.45, 7) is 4.17. The summed E-state index contributed by atoms with van der Waals surface area (Å²) >= 11 is 0. The maximum absolute atomic E-state index is 5.68. The molecule has 3 heterocycles. The van der Waals surface area contributed by atoms with E-state index in [0.717, 1.165) is 41.4 Å². The molecule has 0 amide bonds. The van der Waals surface area contributed by atoms with Crippen molar-refractivity contribution in [2.75, 3.05) is 0 Å². The van der Waals surface area contributed by atoms with Crippen LogP contribution >= 0.6 is 0 Å². The van der Waals surface area contributed by atoms with E-state index in [-0.39, 0.29) is 0 Å². The van der Waals surface area contributed by atoms with Crippen LogP contribution in [0.5, 0.6) is 0 Å². The fraction of sp³-hybridized carbons (Fsp3) is 0.200. The zero-order chi connectivity index (χ0) is 17.8. The Morgan fingerprint density at radius 1 is 1.04 bits per heavy atom. The fourth-order valence-electron chi connectivity index (χ4n) is 2.92. The topological polar surface area (TPSA) is 71.7 Å². The van der Waals surface area contributed by atoms with Crippen LogP contribution in [0.15, 0.2) is 65.5 Å². The molecule has 0 aliphatic carbocycles. The highest BCUT2D eigenvalue weighted by molar-refractivity contribution is 5.56. The molecule has 0 saturated heterocycles. The van der Waals surface area contributed by atoms with Crippen molar-refractivity contribution < 1.29 is 4.42 Å². The molecule has 26 heavy (non-hydrogen) atoms. The van der Waals surface area contributed by atoms with Gasteiger partial charge in [-0.15, -0.1) is 0 Å². The number of nitrogens with one attached hydrogen (secondary N) is 2. The monoisotopic (exact) mass is 347 g/mol. The third-order valence-electron chi connectivity index (χ3n) is 4.22. The molecule has 0 spiro atoms. The van der Waals surface area contributed by atoms with E-state index in [1.165, 1.54) is 5.56 Å². The number of aromatic nitrogens is 4. The van der Waals surface area contributed by atoms with E-state index >= 15 is 0 Å². The molecular weight excluding hydrogens is 326 g/mol. The quantitative estimate of drug-likeness (QED) is 0.537. The zero-order valence-electron chi connectivity index (χ0n) is 14.6. The molecule has 0 bridgehead atoms. The van der Waals surface area contributed by atoms with Crippen LogP contribution in [0.4, 0.5) is 0 Å². The highest BCUT2D eigenvalue weighted by Crippen LogP contribution is 2.23. The number of nitrogens with zero attached hydrogens (tertiary/aromatic N) is 3. The van der Waals surface area contributed by atoms with Gasteiger partial charge in [-0.05, 0) is 24.6 Å². The highest BCUT2D eigenvalue weighted by Gasteiger charge is 2.11. The van der Waals surface area contributed by atoms with Gasteiger partial charge in [0.25, 0.3) is 0 Å². The van der Waals surface area contributed by atoms with Crippen LogP contribution in [0.3, 0.4) is 0 Å². The fourth-order valence-corrected chi connectivity index (χ4v) is 2.92. The number of rotatable bonds is 7. The van der Waals surface area contributed by atoms with Crippen molar-refractivity contribution in [3.63, 3.8) is 0 Å². The molecule has 1 aromatic carbocycles. The number of hydrogen-bond acceptors (Lipinski definition) is 4. The maximum Gasteiger partial charge on any atom is 0.152 e. The molecule has 0 saturated carbocycles. The minimum absolute atomic E-state index is 0.704. The Labute approximate surface area is 151 Å². The van der Waals surface area contributed by atoms with Crippen molar-refractivity contribution in [3.8, 4) is 11.5 Å². The van der Waals surface area contributed by atoms with Crippen LogP contribution in [0.2, 0.25) is 0 Å². The lowest BCUT2D eigenvalue weighted by molar-refractivity contribution is 0.545. The maximum atomic E-state index is 5.68. The summed E-state index contributed by atoms with van der Waals surface area (Å²) in [7, 11) is 0. The van der Waals surface area contributed by atoms with Crippen LogP contribution in [0, 0.1) is 6.92 Å². The summed E-state index contributed by atoms with van der Waals surface area (Å²) < 4.78 is 7.64. The molecular formula is C20H21N5O. The predicted octanol–water partition coefficient (Wildman–Crippen LogP) is 3.51. The predicted molar refractivity (Wildman–Crippen MR) is 99.3 cm³/mol. The molecule has 6 heteroatoms. The molecule has 0 aliphatic rings. The molecule has 6 nitrogen and oxygen atoms in total. The Kier molecular flexibility index (Phi) is 4.66. The SMILES string of the molecule is Cc1ccc(-c2[nH]ncc2CNCc2cnn(Cc3ccccc3)c2)o1. The van der Waals surface area contributed by atoms with E-state index in [0.29, 0.717) is 6.54 Å². The van der Waals surface area contributed by atoms with Crippen molar-refractivity contribution in [2.24, 2.45) is 0 Å². The summed E-state index contributed by atoms with van der Waals surface area (Å²) in [6.07, 6.45) is 5.81. The number of aromatic amines is 1. The van der Waals surface area contributed by atoms with Crippen molar-refractivity contribution in [3.05, 3.63) is 83.5 Å². The van der Waals surface area contributed by atoms with Gasteiger partial charge < -0.3 is 9.73 Å². The normalized spacial score (nSPS) is 11.1. The number of benzene rings is 1. The van der Waals surface area contributed by atoms with Gasteiger partial charge in [0.2, 0.25) is 0 Å². The van der Waals surface area contributed by atoms with Crippen molar-refractivity contribution >= 4 is 0 Å². The summed E-state index contributed by atoms with van der Waals surface area (Å²) in [4.78, 5) is 0. The second kappa shape index (κ2) is 7.41. The molecule has 0 atom stereocenters. The Hall–Kier alpha value is -3.12. The van der Waals surface area contributed by atoms with Gasteiger partial charge in [0.15, 0.2) is 5.76 Å². The van der Waals surface area contributed by atoms with E-state index < -0.39 is 0 Å². The Morgan fingerprint density at radius 3 is 2.73 bits per heavy atom. The molecule has 0 unspecified atom stereocenters. The van der Waals surface area contributed by atoms with Crippen molar-refractivity contribution in [2.45, 2.75) is 26.6 Å². The first-order valence-electron chi connectivity index (χ1n) is 8.63. The number of H-pyrrole nitrogens is 1. The van der Waals surface area contributed by atoms with E-state index in [2.05, 4.69) is 38.9 Å². The van der Waals surface area contributed by atoms with Crippen LogP contribution < -0.4 is 5.32 Å². The minimum Gasteiger partial charge on any atom is -0.460 e. The van der Waals surface area contributed by atoms with Gasteiger partial charge in [-0.3, -0.25) is 9.78 Å². The second-order valence-corrected chi connectivity index (χ2v) is 6.32. The van der Waals surface area contributed by atoms with E-state index in [1.54, 1.807) is 0 Å². The first kappa shape index (κ1) is 16.4. The van der Waals surface area contributed by atoms with Gasteiger partial charge in [0, 0.05) is 30.4 Å². The van der Waals surface area contributed by atoms with Gasteiger partial charge in [0.1, 0.15) is 11.5 Å². The minimum atomic E-state index is 0.704.